The molecular weight excluding hydrogens is 338 g/mol. The topological polar surface area (TPSA) is 111 Å². The van der Waals surface area contributed by atoms with Gasteiger partial charge in [0, 0.05) is 12.6 Å². The number of anilines is 1. The molecule has 136 valence electrons. The number of esters is 1. The van der Waals surface area contributed by atoms with Crippen LogP contribution < -0.4 is 15.6 Å². The minimum atomic E-state index is -0.467. The molecule has 2 aromatic heterocycles. The van der Waals surface area contributed by atoms with E-state index in [9.17, 15) is 9.59 Å². The van der Waals surface area contributed by atoms with E-state index in [-0.39, 0.29) is 17.8 Å². The fraction of sp³-hybridized carbons (Fsp3) is 0.294. The smallest absolute Gasteiger partial charge is 0.311 e. The number of aromatic nitrogens is 4. The van der Waals surface area contributed by atoms with Crippen molar-refractivity contribution in [1.82, 2.24) is 19.6 Å². The molecule has 0 bridgehead atoms. The van der Waals surface area contributed by atoms with Gasteiger partial charge in [0.25, 0.3) is 11.3 Å². The molecule has 1 aromatic carbocycles. The van der Waals surface area contributed by atoms with E-state index in [2.05, 4.69) is 25.1 Å². The Morgan fingerprint density at radius 2 is 2.04 bits per heavy atom. The predicted octanol–water partition coefficient (Wildman–Crippen LogP) is 1.14. The Kier molecular flexibility index (Phi) is 5.16. The summed E-state index contributed by atoms with van der Waals surface area (Å²) in [5.41, 5.74) is 0.988. The Morgan fingerprint density at radius 3 is 2.73 bits per heavy atom. The molecule has 3 rings (SSSR count). The van der Waals surface area contributed by atoms with Crippen LogP contribution in [-0.2, 0) is 22.5 Å². The molecule has 9 nitrogen and oxygen atoms in total. The molecule has 0 unspecified atom stereocenters. The number of aromatic amines is 1. The standard InChI is InChI=1S/C17H19N5O4/c1-3-26-13-6-4-11(5-7-13)10-18-16-20-17-19-12(9-15(24)25-2)8-14(23)22(17)21-16/h4-8H,3,9-10H2,1-2H3,(H2,18,19,20,21). The maximum Gasteiger partial charge on any atom is 0.311 e. The maximum absolute atomic E-state index is 12.1. The lowest BCUT2D eigenvalue weighted by Crippen LogP contribution is -2.17. The zero-order valence-electron chi connectivity index (χ0n) is 14.5. The number of methoxy groups -OCH3 is 1. The van der Waals surface area contributed by atoms with Crippen LogP contribution in [0.4, 0.5) is 5.95 Å². The Morgan fingerprint density at radius 1 is 1.27 bits per heavy atom. The second kappa shape index (κ2) is 7.68. The number of carbonyl (C=O) groups is 1. The predicted molar refractivity (Wildman–Crippen MR) is 94.3 cm³/mol. The van der Waals surface area contributed by atoms with E-state index >= 15 is 0 Å². The molecule has 0 spiro atoms. The molecule has 3 aromatic rings. The van der Waals surface area contributed by atoms with Crippen LogP contribution in [0.5, 0.6) is 5.75 Å². The van der Waals surface area contributed by atoms with Crippen LogP contribution in [0.15, 0.2) is 35.1 Å². The fourth-order valence-corrected chi connectivity index (χ4v) is 2.37. The van der Waals surface area contributed by atoms with Crippen LogP contribution in [0.2, 0.25) is 0 Å². The summed E-state index contributed by atoms with van der Waals surface area (Å²) < 4.78 is 11.2. The molecule has 2 N–H and O–H groups in total. The Labute approximate surface area is 149 Å². The molecule has 0 aliphatic heterocycles. The van der Waals surface area contributed by atoms with Crippen molar-refractivity contribution >= 4 is 17.7 Å². The molecule has 0 saturated carbocycles. The first-order valence-electron chi connectivity index (χ1n) is 8.10. The van der Waals surface area contributed by atoms with Gasteiger partial charge in [0.1, 0.15) is 5.75 Å². The minimum absolute atomic E-state index is 0.0793. The lowest BCUT2D eigenvalue weighted by molar-refractivity contribution is -0.139. The second-order valence-electron chi connectivity index (χ2n) is 5.48. The van der Waals surface area contributed by atoms with Crippen LogP contribution in [0.25, 0.3) is 5.78 Å². The number of nitrogens with zero attached hydrogens (tertiary/aromatic N) is 3. The molecule has 2 heterocycles. The van der Waals surface area contributed by atoms with Crippen molar-refractivity contribution in [3.8, 4) is 5.75 Å². The van der Waals surface area contributed by atoms with Crippen LogP contribution in [0.1, 0.15) is 18.2 Å². The summed E-state index contributed by atoms with van der Waals surface area (Å²) in [6, 6.07) is 8.95. The van der Waals surface area contributed by atoms with E-state index in [0.29, 0.717) is 24.8 Å². The van der Waals surface area contributed by atoms with E-state index in [1.54, 1.807) is 0 Å². The zero-order valence-corrected chi connectivity index (χ0v) is 14.5. The third-order valence-corrected chi connectivity index (χ3v) is 3.63. The van der Waals surface area contributed by atoms with E-state index in [1.807, 2.05) is 31.2 Å². The van der Waals surface area contributed by atoms with E-state index < -0.39 is 5.97 Å². The lowest BCUT2D eigenvalue weighted by atomic mass is 10.2. The molecule has 0 aliphatic rings. The van der Waals surface area contributed by atoms with Crippen molar-refractivity contribution in [2.75, 3.05) is 19.0 Å². The van der Waals surface area contributed by atoms with Crippen molar-refractivity contribution in [2.24, 2.45) is 0 Å². The number of rotatable bonds is 7. The molecule has 0 saturated heterocycles. The third-order valence-electron chi connectivity index (χ3n) is 3.63. The Hall–Kier alpha value is -3.36. The summed E-state index contributed by atoms with van der Waals surface area (Å²) >= 11 is 0. The van der Waals surface area contributed by atoms with Gasteiger partial charge in [-0.3, -0.25) is 14.7 Å². The van der Waals surface area contributed by atoms with Crippen LogP contribution in [0.3, 0.4) is 0 Å². The third kappa shape index (κ3) is 4.00. The van der Waals surface area contributed by atoms with Crippen molar-refractivity contribution in [1.29, 1.82) is 0 Å². The maximum atomic E-state index is 12.1. The van der Waals surface area contributed by atoms with Gasteiger partial charge < -0.3 is 14.8 Å². The molecule has 0 atom stereocenters. The monoisotopic (exact) mass is 357 g/mol. The first-order chi connectivity index (χ1) is 12.6. The summed E-state index contributed by atoms with van der Waals surface area (Å²) in [6.07, 6.45) is -0.0793. The number of benzene rings is 1. The first kappa shape index (κ1) is 17.5. The van der Waals surface area contributed by atoms with Gasteiger partial charge in [-0.15, -0.1) is 0 Å². The van der Waals surface area contributed by atoms with Crippen molar-refractivity contribution in [3.05, 3.63) is 51.9 Å². The van der Waals surface area contributed by atoms with Gasteiger partial charge in [0.05, 0.1) is 25.8 Å². The fourth-order valence-electron chi connectivity index (χ4n) is 2.37. The highest BCUT2D eigenvalue weighted by molar-refractivity contribution is 5.71. The number of carbonyl (C=O) groups excluding carboxylic acids is 1. The molecule has 0 fully saturated rings. The number of ether oxygens (including phenoxy) is 2. The average molecular weight is 357 g/mol. The Bertz CT molecular complexity index is 961. The number of hydrogen-bond acceptors (Lipinski definition) is 7. The van der Waals surface area contributed by atoms with Crippen LogP contribution in [-0.4, -0.2) is 39.3 Å². The first-order valence-corrected chi connectivity index (χ1v) is 8.10. The van der Waals surface area contributed by atoms with Gasteiger partial charge in [0.15, 0.2) is 0 Å². The van der Waals surface area contributed by atoms with Gasteiger partial charge in [-0.1, -0.05) is 12.1 Å². The van der Waals surface area contributed by atoms with Gasteiger partial charge >= 0.3 is 5.97 Å². The summed E-state index contributed by atoms with van der Waals surface area (Å²) in [7, 11) is 1.28. The van der Waals surface area contributed by atoms with Crippen LogP contribution >= 0.6 is 0 Å². The van der Waals surface area contributed by atoms with Gasteiger partial charge in [0.2, 0.25) is 5.95 Å². The molecule has 26 heavy (non-hydrogen) atoms. The SMILES string of the molecule is CCOc1ccc(CNc2nc3nc(CC(=O)OC)cc(=O)n3[nH]2)cc1. The van der Waals surface area contributed by atoms with E-state index in [4.69, 9.17) is 4.74 Å². The highest BCUT2D eigenvalue weighted by Gasteiger charge is 2.11. The number of nitrogens with one attached hydrogen (secondary N) is 2. The summed E-state index contributed by atoms with van der Waals surface area (Å²) in [5, 5.41) is 5.94. The normalized spacial score (nSPS) is 10.7. The molecule has 0 aliphatic carbocycles. The van der Waals surface area contributed by atoms with Gasteiger partial charge in [-0.05, 0) is 24.6 Å². The average Bonchev–Trinajstić information content (AvgIpc) is 3.05. The lowest BCUT2D eigenvalue weighted by Gasteiger charge is -2.05. The highest BCUT2D eigenvalue weighted by Crippen LogP contribution is 2.13. The molecule has 9 heteroatoms. The number of hydrogen-bond donors (Lipinski definition) is 2. The van der Waals surface area contributed by atoms with Crippen LogP contribution in [0, 0.1) is 0 Å². The molecular formula is C17H19N5O4. The molecule has 0 amide bonds. The summed E-state index contributed by atoms with van der Waals surface area (Å²) in [5.74, 6) is 0.934. The number of fused-ring (bicyclic) bond motifs is 1. The summed E-state index contributed by atoms with van der Waals surface area (Å²) in [4.78, 5) is 31.9. The Balaban J connectivity index is 1.73. The van der Waals surface area contributed by atoms with Crippen molar-refractivity contribution in [3.63, 3.8) is 0 Å². The largest absolute Gasteiger partial charge is 0.494 e. The zero-order chi connectivity index (χ0) is 18.5. The van der Waals surface area contributed by atoms with Crippen molar-refractivity contribution < 1.29 is 14.3 Å². The quantitative estimate of drug-likeness (QED) is 0.610. The van der Waals surface area contributed by atoms with Gasteiger partial charge in [-0.2, -0.15) is 9.50 Å². The van der Waals surface area contributed by atoms with E-state index in [1.165, 1.54) is 17.7 Å². The van der Waals surface area contributed by atoms with Crippen molar-refractivity contribution in [2.45, 2.75) is 19.9 Å². The minimum Gasteiger partial charge on any atom is -0.494 e. The highest BCUT2D eigenvalue weighted by atomic mass is 16.5. The molecule has 0 radical (unpaired) electrons. The van der Waals surface area contributed by atoms with Gasteiger partial charge in [-0.25, -0.2) is 4.98 Å². The summed E-state index contributed by atoms with van der Waals surface area (Å²) in [6.45, 7) is 3.07. The number of H-pyrrole nitrogens is 1. The van der Waals surface area contributed by atoms with E-state index in [0.717, 1.165) is 11.3 Å². The second-order valence-corrected chi connectivity index (χ2v) is 5.48.